The average molecular weight is 320 g/mol. The number of nitrogens with zero attached hydrogens (tertiary/aromatic N) is 2. The fourth-order valence-electron chi connectivity index (χ4n) is 2.11. The maximum absolute atomic E-state index is 12.0. The number of esters is 1. The van der Waals surface area contributed by atoms with Crippen LogP contribution in [0.25, 0.3) is 5.53 Å². The van der Waals surface area contributed by atoms with E-state index in [4.69, 9.17) is 4.74 Å². The van der Waals surface area contributed by atoms with Crippen LogP contribution in [0.15, 0.2) is 35.2 Å². The van der Waals surface area contributed by atoms with Crippen LogP contribution in [0, 0.1) is 0 Å². The minimum Gasteiger partial charge on any atom is -0.457 e. The van der Waals surface area contributed by atoms with E-state index in [0.717, 1.165) is 30.6 Å². The molecule has 0 aliphatic heterocycles. The van der Waals surface area contributed by atoms with Crippen molar-refractivity contribution < 1.29 is 14.3 Å². The number of unbranched alkanes of at least 4 members (excludes halogenated alkanes) is 3. The first-order valence-electron chi connectivity index (χ1n) is 7.83. The first-order chi connectivity index (χ1) is 10.7. The van der Waals surface area contributed by atoms with Gasteiger partial charge in [-0.2, -0.15) is 4.79 Å². The molecular weight excluding hydrogens is 296 g/mol. The Morgan fingerprint density at radius 3 is 2.55 bits per heavy atom. The quantitative estimate of drug-likeness (QED) is 0.161. The van der Waals surface area contributed by atoms with Gasteiger partial charge >= 0.3 is 11.7 Å². The number of hydrogen-bond donors (Lipinski definition) is 0. The van der Waals surface area contributed by atoms with Gasteiger partial charge in [0.15, 0.2) is 0 Å². The van der Waals surface area contributed by atoms with E-state index in [9.17, 15) is 10.3 Å². The summed E-state index contributed by atoms with van der Waals surface area (Å²) >= 11 is 1.54. The molecular formula is C17H24N2O2S. The number of ether oxygens (including phenoxy) is 1. The minimum atomic E-state index is -0.533. The predicted molar refractivity (Wildman–Crippen MR) is 90.1 cm³/mol. The fourth-order valence-corrected chi connectivity index (χ4v) is 3.30. The van der Waals surface area contributed by atoms with E-state index in [-0.39, 0.29) is 17.6 Å². The molecule has 1 aromatic rings. The molecule has 0 aliphatic carbocycles. The van der Waals surface area contributed by atoms with Gasteiger partial charge in [-0.1, -0.05) is 50.8 Å². The van der Waals surface area contributed by atoms with Gasteiger partial charge in [0.05, 0.1) is 6.61 Å². The summed E-state index contributed by atoms with van der Waals surface area (Å²) in [7, 11) is 0. The molecule has 0 fully saturated rings. The van der Waals surface area contributed by atoms with E-state index in [1.165, 1.54) is 6.42 Å². The highest BCUT2D eigenvalue weighted by Crippen LogP contribution is 2.28. The first-order valence-corrected chi connectivity index (χ1v) is 8.71. The minimum absolute atomic E-state index is 0.104. The molecule has 0 N–H and O–H groups in total. The number of rotatable bonds is 10. The highest BCUT2D eigenvalue weighted by Gasteiger charge is 2.33. The van der Waals surface area contributed by atoms with Gasteiger partial charge in [0, 0.05) is 4.90 Å². The van der Waals surface area contributed by atoms with Crippen molar-refractivity contribution in [1.82, 2.24) is 0 Å². The lowest BCUT2D eigenvalue weighted by atomic mass is 10.1. The Balaban J connectivity index is 2.79. The largest absolute Gasteiger partial charge is 0.457 e. The van der Waals surface area contributed by atoms with Crippen molar-refractivity contribution >= 4 is 23.4 Å². The summed E-state index contributed by atoms with van der Waals surface area (Å²) < 4.78 is 5.00. The topological polar surface area (TPSA) is 62.7 Å². The zero-order valence-electron chi connectivity index (χ0n) is 13.3. The van der Waals surface area contributed by atoms with E-state index < -0.39 is 5.97 Å². The Hall–Kier alpha value is -1.58. The normalized spacial score (nSPS) is 11.5. The molecule has 0 saturated carbocycles. The van der Waals surface area contributed by atoms with Crippen molar-refractivity contribution in [3.63, 3.8) is 0 Å². The molecule has 0 saturated heterocycles. The second-order valence-corrected chi connectivity index (χ2v) is 6.25. The summed E-state index contributed by atoms with van der Waals surface area (Å²) in [5.41, 5.74) is 9.35. The van der Waals surface area contributed by atoms with Gasteiger partial charge in [0.25, 0.3) is 0 Å². The fraction of sp³-hybridized carbons (Fsp3) is 0.529. The summed E-state index contributed by atoms with van der Waals surface area (Å²) in [6, 6.07) is 9.84. The van der Waals surface area contributed by atoms with Gasteiger partial charge in [-0.25, -0.2) is 4.79 Å². The van der Waals surface area contributed by atoms with Crippen LogP contribution in [0.4, 0.5) is 0 Å². The zero-order valence-corrected chi connectivity index (χ0v) is 14.1. The van der Waals surface area contributed by atoms with Crippen molar-refractivity contribution in [2.45, 2.75) is 56.1 Å². The maximum atomic E-state index is 12.0. The summed E-state index contributed by atoms with van der Waals surface area (Å²) in [5, 5.41) is -0.191. The zero-order chi connectivity index (χ0) is 16.2. The van der Waals surface area contributed by atoms with Gasteiger partial charge in [0.1, 0.15) is 5.25 Å². The highest BCUT2D eigenvalue weighted by atomic mass is 32.2. The van der Waals surface area contributed by atoms with Crippen LogP contribution in [-0.2, 0) is 9.53 Å². The first kappa shape index (κ1) is 18.5. The number of thioether (sulfide) groups is 1. The molecule has 1 rings (SSSR count). The summed E-state index contributed by atoms with van der Waals surface area (Å²) in [5.74, 6) is -0.533. The predicted octanol–water partition coefficient (Wildman–Crippen LogP) is 4.35. The molecule has 120 valence electrons. The van der Waals surface area contributed by atoms with E-state index in [0.29, 0.717) is 0 Å². The van der Waals surface area contributed by atoms with Crippen LogP contribution in [0.5, 0.6) is 0 Å². The van der Waals surface area contributed by atoms with Crippen LogP contribution < -0.4 is 0 Å². The second kappa shape index (κ2) is 11.0. The maximum Gasteiger partial charge on any atom is 0.418 e. The lowest BCUT2D eigenvalue weighted by Gasteiger charge is -2.12. The molecule has 1 unspecified atom stereocenters. The molecule has 22 heavy (non-hydrogen) atoms. The highest BCUT2D eigenvalue weighted by molar-refractivity contribution is 8.00. The summed E-state index contributed by atoms with van der Waals surface area (Å²) in [4.78, 5) is 16.2. The van der Waals surface area contributed by atoms with E-state index in [1.807, 2.05) is 30.3 Å². The Kier molecular flexibility index (Phi) is 9.28. The van der Waals surface area contributed by atoms with Crippen molar-refractivity contribution in [3.05, 3.63) is 35.9 Å². The third-order valence-electron chi connectivity index (χ3n) is 3.24. The monoisotopic (exact) mass is 320 g/mol. The second-order valence-electron chi connectivity index (χ2n) is 4.97. The smallest absolute Gasteiger partial charge is 0.418 e. The Labute approximate surface area is 136 Å². The van der Waals surface area contributed by atoms with E-state index >= 15 is 0 Å². The van der Waals surface area contributed by atoms with Gasteiger partial charge in [-0.15, -0.1) is 11.8 Å². The Bertz CT molecular complexity index is 499. The molecule has 0 amide bonds. The van der Waals surface area contributed by atoms with Crippen LogP contribution >= 0.6 is 11.8 Å². The van der Waals surface area contributed by atoms with Crippen LogP contribution in [-0.4, -0.2) is 28.3 Å². The standard InChI is InChI=1S/C17H24N2O2S/c1-3-5-6-10-13-15(16(19-18)17(20)21-4-2)22-14-11-8-7-9-12-14/h7-9,11-12,15H,3-6,10,13H2,1-2H3. The van der Waals surface area contributed by atoms with Crippen LogP contribution in [0.2, 0.25) is 0 Å². The molecule has 0 spiro atoms. The molecule has 5 heteroatoms. The van der Waals surface area contributed by atoms with Crippen molar-refractivity contribution in [3.8, 4) is 0 Å². The third kappa shape index (κ3) is 6.46. The summed E-state index contributed by atoms with van der Waals surface area (Å²) in [6.45, 7) is 4.18. The van der Waals surface area contributed by atoms with Gasteiger partial charge in [0.2, 0.25) is 0 Å². The van der Waals surface area contributed by atoms with Gasteiger partial charge in [-0.05, 0) is 25.5 Å². The van der Waals surface area contributed by atoms with Gasteiger partial charge < -0.3 is 10.3 Å². The van der Waals surface area contributed by atoms with Crippen LogP contribution in [0.1, 0.15) is 46.0 Å². The Morgan fingerprint density at radius 2 is 1.95 bits per heavy atom. The molecule has 4 nitrogen and oxygen atoms in total. The number of carbonyl (C=O) groups excluding carboxylic acids is 1. The molecule has 1 aromatic carbocycles. The lowest BCUT2D eigenvalue weighted by molar-refractivity contribution is -0.140. The molecule has 0 aromatic heterocycles. The van der Waals surface area contributed by atoms with Gasteiger partial charge in [-0.3, -0.25) is 0 Å². The van der Waals surface area contributed by atoms with Crippen LogP contribution in [0.3, 0.4) is 0 Å². The lowest BCUT2D eigenvalue weighted by Crippen LogP contribution is -2.29. The average Bonchev–Trinajstić information content (AvgIpc) is 2.53. The van der Waals surface area contributed by atoms with E-state index in [1.54, 1.807) is 18.7 Å². The van der Waals surface area contributed by atoms with E-state index in [2.05, 4.69) is 11.7 Å². The van der Waals surface area contributed by atoms with Crippen molar-refractivity contribution in [2.24, 2.45) is 0 Å². The van der Waals surface area contributed by atoms with Crippen molar-refractivity contribution in [1.29, 1.82) is 0 Å². The molecule has 0 heterocycles. The number of carbonyl (C=O) groups is 1. The molecule has 1 atom stereocenters. The summed E-state index contributed by atoms with van der Waals surface area (Å²) in [6.07, 6.45) is 5.24. The molecule has 0 bridgehead atoms. The van der Waals surface area contributed by atoms with Crippen molar-refractivity contribution in [2.75, 3.05) is 6.61 Å². The Morgan fingerprint density at radius 1 is 1.23 bits per heavy atom. The molecule has 0 radical (unpaired) electrons. The molecule has 0 aliphatic rings. The SMILES string of the molecule is CCCCCCC(Sc1ccccc1)C(=[N+]=[N-])C(=O)OCC. The number of benzene rings is 1. The number of hydrogen-bond acceptors (Lipinski definition) is 3. The third-order valence-corrected chi connectivity index (χ3v) is 4.53.